The number of hydrogen-bond donors (Lipinski definition) is 1. The van der Waals surface area contributed by atoms with Crippen LogP contribution in [0.15, 0.2) is 29.3 Å². The average molecular weight is 406 g/mol. The van der Waals surface area contributed by atoms with E-state index in [4.69, 9.17) is 9.47 Å². The van der Waals surface area contributed by atoms with Crippen LogP contribution in [0.4, 0.5) is 4.39 Å². The molecule has 0 aromatic heterocycles. The summed E-state index contributed by atoms with van der Waals surface area (Å²) in [6.45, 7) is 5.92. The van der Waals surface area contributed by atoms with Crippen LogP contribution < -0.4 is 5.32 Å². The molecule has 0 unspecified atom stereocenters. The predicted molar refractivity (Wildman–Crippen MR) is 110 cm³/mol. The quantitative estimate of drug-likeness (QED) is 0.464. The monoisotopic (exact) mass is 405 g/mol. The van der Waals surface area contributed by atoms with E-state index >= 15 is 0 Å². The SMILES string of the molecule is CCOC(=O)C1CCN(C(=NC)NCC2(c3ccc(F)cc3)CCOCC2)CC1. The van der Waals surface area contributed by atoms with Gasteiger partial charge >= 0.3 is 5.97 Å². The molecular weight excluding hydrogens is 373 g/mol. The lowest BCUT2D eigenvalue weighted by molar-refractivity contribution is -0.149. The molecule has 0 radical (unpaired) electrons. The highest BCUT2D eigenvalue weighted by Gasteiger charge is 2.35. The van der Waals surface area contributed by atoms with E-state index in [1.165, 1.54) is 12.1 Å². The van der Waals surface area contributed by atoms with Crippen LogP contribution in [0.2, 0.25) is 0 Å². The van der Waals surface area contributed by atoms with Gasteiger partial charge in [-0.1, -0.05) is 12.1 Å². The summed E-state index contributed by atoms with van der Waals surface area (Å²) in [7, 11) is 1.79. The lowest BCUT2D eigenvalue weighted by atomic mass is 9.74. The Kier molecular flexibility index (Phi) is 7.47. The second-order valence-electron chi connectivity index (χ2n) is 7.81. The Balaban J connectivity index is 1.63. The first-order valence-corrected chi connectivity index (χ1v) is 10.5. The Morgan fingerprint density at radius 1 is 1.28 bits per heavy atom. The number of aliphatic imine (C=N–C) groups is 1. The van der Waals surface area contributed by atoms with Gasteiger partial charge in [-0.05, 0) is 50.3 Å². The van der Waals surface area contributed by atoms with Gasteiger partial charge in [-0.2, -0.15) is 0 Å². The maximum absolute atomic E-state index is 13.4. The average Bonchev–Trinajstić information content (AvgIpc) is 2.76. The van der Waals surface area contributed by atoms with Gasteiger partial charge in [0, 0.05) is 45.3 Å². The number of guanidine groups is 1. The van der Waals surface area contributed by atoms with Crippen molar-refractivity contribution in [3.63, 3.8) is 0 Å². The zero-order chi connectivity index (χ0) is 20.7. The summed E-state index contributed by atoms with van der Waals surface area (Å²) in [5.74, 6) is 0.516. The number of halogens is 1. The molecule has 0 saturated carbocycles. The van der Waals surface area contributed by atoms with E-state index in [1.807, 2.05) is 19.1 Å². The molecule has 160 valence electrons. The summed E-state index contributed by atoms with van der Waals surface area (Å²) in [5, 5.41) is 3.54. The number of likely N-dealkylation sites (tertiary alicyclic amines) is 1. The number of ether oxygens (including phenoxy) is 2. The van der Waals surface area contributed by atoms with E-state index in [9.17, 15) is 9.18 Å². The zero-order valence-electron chi connectivity index (χ0n) is 17.5. The molecule has 2 heterocycles. The normalized spacial score (nSPS) is 20.4. The Hall–Kier alpha value is -2.15. The molecule has 6 nitrogen and oxygen atoms in total. The number of nitrogens with one attached hydrogen (secondary N) is 1. The van der Waals surface area contributed by atoms with Crippen LogP contribution in [-0.4, -0.2) is 63.3 Å². The highest BCUT2D eigenvalue weighted by atomic mass is 19.1. The van der Waals surface area contributed by atoms with Crippen molar-refractivity contribution >= 4 is 11.9 Å². The lowest BCUT2D eigenvalue weighted by Gasteiger charge is -2.40. The molecule has 2 aliphatic rings. The first-order valence-electron chi connectivity index (χ1n) is 10.5. The molecule has 0 aliphatic carbocycles. The summed E-state index contributed by atoms with van der Waals surface area (Å²) < 4.78 is 24.2. The van der Waals surface area contributed by atoms with Gasteiger partial charge in [-0.25, -0.2) is 4.39 Å². The van der Waals surface area contributed by atoms with Gasteiger partial charge in [0.15, 0.2) is 5.96 Å². The van der Waals surface area contributed by atoms with E-state index in [2.05, 4.69) is 15.2 Å². The van der Waals surface area contributed by atoms with Crippen LogP contribution in [0.3, 0.4) is 0 Å². The van der Waals surface area contributed by atoms with Gasteiger partial charge in [-0.15, -0.1) is 0 Å². The highest BCUT2D eigenvalue weighted by molar-refractivity contribution is 5.80. The van der Waals surface area contributed by atoms with Gasteiger partial charge < -0.3 is 19.7 Å². The highest BCUT2D eigenvalue weighted by Crippen LogP contribution is 2.34. The number of rotatable bonds is 5. The van der Waals surface area contributed by atoms with Gasteiger partial charge in [0.05, 0.1) is 12.5 Å². The number of benzene rings is 1. The Bertz CT molecular complexity index is 694. The van der Waals surface area contributed by atoms with Crippen LogP contribution >= 0.6 is 0 Å². The third-order valence-corrected chi connectivity index (χ3v) is 6.12. The first-order chi connectivity index (χ1) is 14.1. The van der Waals surface area contributed by atoms with E-state index in [-0.39, 0.29) is 23.1 Å². The molecule has 1 aromatic rings. The van der Waals surface area contributed by atoms with Crippen LogP contribution in [0, 0.1) is 11.7 Å². The molecule has 0 bridgehead atoms. The largest absolute Gasteiger partial charge is 0.466 e. The van der Waals surface area contributed by atoms with Crippen molar-refractivity contribution < 1.29 is 18.7 Å². The van der Waals surface area contributed by atoms with Gasteiger partial charge in [0.1, 0.15) is 5.82 Å². The third kappa shape index (κ3) is 5.26. The van der Waals surface area contributed by atoms with Crippen LogP contribution in [0.1, 0.15) is 38.2 Å². The van der Waals surface area contributed by atoms with E-state index in [0.717, 1.165) is 50.3 Å². The molecule has 1 N–H and O–H groups in total. The Morgan fingerprint density at radius 3 is 2.52 bits per heavy atom. The van der Waals surface area contributed by atoms with Crippen molar-refractivity contribution in [3.05, 3.63) is 35.6 Å². The van der Waals surface area contributed by atoms with Crippen molar-refractivity contribution in [2.45, 2.75) is 38.0 Å². The lowest BCUT2D eigenvalue weighted by Crippen LogP contribution is -2.51. The predicted octanol–water partition coefficient (Wildman–Crippen LogP) is 2.72. The van der Waals surface area contributed by atoms with E-state index < -0.39 is 0 Å². The topological polar surface area (TPSA) is 63.2 Å². The Labute approximate surface area is 172 Å². The van der Waals surface area contributed by atoms with Crippen LogP contribution in [-0.2, 0) is 19.7 Å². The summed E-state index contributed by atoms with van der Waals surface area (Å²) in [6.07, 6.45) is 3.31. The van der Waals surface area contributed by atoms with E-state index in [0.29, 0.717) is 26.4 Å². The standard InChI is InChI=1S/C22H32FN3O3/c1-3-29-20(27)17-8-12-26(13-9-17)21(24-2)25-16-22(10-14-28-15-11-22)18-4-6-19(23)7-5-18/h4-7,17H,3,8-16H2,1-2H3,(H,24,25). The summed E-state index contributed by atoms with van der Waals surface area (Å²) in [4.78, 5) is 18.6. The second-order valence-corrected chi connectivity index (χ2v) is 7.81. The minimum absolute atomic E-state index is 0.0228. The van der Waals surface area contributed by atoms with Gasteiger partial charge in [-0.3, -0.25) is 9.79 Å². The minimum atomic E-state index is -0.218. The maximum Gasteiger partial charge on any atom is 0.309 e. The molecule has 2 aliphatic heterocycles. The summed E-state index contributed by atoms with van der Waals surface area (Å²) in [6, 6.07) is 6.83. The van der Waals surface area contributed by atoms with Crippen molar-refractivity contribution in [2.75, 3.05) is 46.5 Å². The van der Waals surface area contributed by atoms with Crippen molar-refractivity contribution in [2.24, 2.45) is 10.9 Å². The summed E-state index contributed by atoms with van der Waals surface area (Å²) in [5.41, 5.74) is 1.02. The molecule has 7 heteroatoms. The zero-order valence-corrected chi connectivity index (χ0v) is 17.5. The molecule has 0 atom stereocenters. The smallest absolute Gasteiger partial charge is 0.309 e. The Morgan fingerprint density at radius 2 is 1.93 bits per heavy atom. The van der Waals surface area contributed by atoms with Crippen molar-refractivity contribution in [3.8, 4) is 0 Å². The fourth-order valence-corrected chi connectivity index (χ4v) is 4.30. The number of hydrogen-bond acceptors (Lipinski definition) is 4. The molecular formula is C22H32FN3O3. The minimum Gasteiger partial charge on any atom is -0.466 e. The van der Waals surface area contributed by atoms with Gasteiger partial charge in [0.2, 0.25) is 0 Å². The number of nitrogens with zero attached hydrogens (tertiary/aromatic N) is 2. The maximum atomic E-state index is 13.4. The molecule has 1 aromatic carbocycles. The number of esters is 1. The van der Waals surface area contributed by atoms with Crippen molar-refractivity contribution in [1.82, 2.24) is 10.2 Å². The molecule has 2 saturated heterocycles. The first kappa shape index (κ1) is 21.6. The van der Waals surface area contributed by atoms with E-state index in [1.54, 1.807) is 7.05 Å². The molecule has 0 amide bonds. The third-order valence-electron chi connectivity index (χ3n) is 6.12. The fraction of sp³-hybridized carbons (Fsp3) is 0.636. The van der Waals surface area contributed by atoms with Crippen LogP contribution in [0.5, 0.6) is 0 Å². The molecule has 29 heavy (non-hydrogen) atoms. The molecule has 0 spiro atoms. The number of carbonyl (C=O) groups is 1. The van der Waals surface area contributed by atoms with Crippen molar-refractivity contribution in [1.29, 1.82) is 0 Å². The van der Waals surface area contributed by atoms with Crippen LogP contribution in [0.25, 0.3) is 0 Å². The molecule has 3 rings (SSSR count). The second kappa shape index (κ2) is 10.1. The fourth-order valence-electron chi connectivity index (χ4n) is 4.30. The number of carbonyl (C=O) groups excluding carboxylic acids is 1. The summed E-state index contributed by atoms with van der Waals surface area (Å²) >= 11 is 0. The molecule has 2 fully saturated rings. The number of piperidine rings is 1. The van der Waals surface area contributed by atoms with Gasteiger partial charge in [0.25, 0.3) is 0 Å².